The van der Waals surface area contributed by atoms with Crippen molar-refractivity contribution in [2.24, 2.45) is 0 Å². The number of aromatic nitrogens is 5. The van der Waals surface area contributed by atoms with Crippen molar-refractivity contribution in [2.75, 3.05) is 57.1 Å². The zero-order chi connectivity index (χ0) is 30.2. The number of hydrogen-bond donors (Lipinski definition) is 2. The van der Waals surface area contributed by atoms with Crippen LogP contribution in [0.25, 0.3) is 16.4 Å². The SMILES string of the molecule is CCc1c(NC(=O)N(CCOC)CCN(CC)CC)cn2ncnc(Nc3ccc4c(cnn4Cc4ccccc4)c3)c12. The molecule has 226 valence electrons. The van der Waals surface area contributed by atoms with Gasteiger partial charge >= 0.3 is 6.03 Å². The summed E-state index contributed by atoms with van der Waals surface area (Å²) in [6.45, 7) is 11.3. The molecule has 0 aliphatic heterocycles. The topological polar surface area (TPSA) is 105 Å². The molecule has 2 N–H and O–H groups in total. The molecule has 0 aliphatic carbocycles. The normalized spacial score (nSPS) is 11.5. The van der Waals surface area contributed by atoms with Crippen molar-refractivity contribution in [2.45, 2.75) is 33.7 Å². The summed E-state index contributed by atoms with van der Waals surface area (Å²) < 4.78 is 9.06. The molecule has 2 amide bonds. The Morgan fingerprint density at radius 2 is 1.81 bits per heavy atom. The average Bonchev–Trinajstić information content (AvgIpc) is 3.60. The van der Waals surface area contributed by atoms with E-state index >= 15 is 0 Å². The molecule has 11 nitrogen and oxygen atoms in total. The van der Waals surface area contributed by atoms with E-state index in [4.69, 9.17) is 4.74 Å². The standard InChI is InChI=1S/C32H41N9O2/c1-5-27-28(37-32(42)39(17-18-43-4)16-15-38(6-2)7-3)22-41-30(27)31(33-23-35-41)36-26-13-14-29-25(19-26)20-34-40(29)21-24-11-9-8-10-12-24/h8-14,19-20,22-23H,5-7,15-18,21H2,1-4H3,(H,37,42)(H,33,35,36). The lowest BCUT2D eigenvalue weighted by Crippen LogP contribution is -2.42. The number of hydrogen-bond acceptors (Lipinski definition) is 7. The van der Waals surface area contributed by atoms with Gasteiger partial charge in [0.05, 0.1) is 36.7 Å². The van der Waals surface area contributed by atoms with Gasteiger partial charge in [0, 0.05) is 43.4 Å². The zero-order valence-electron chi connectivity index (χ0n) is 25.5. The smallest absolute Gasteiger partial charge is 0.322 e. The van der Waals surface area contributed by atoms with Gasteiger partial charge in [0.15, 0.2) is 5.82 Å². The van der Waals surface area contributed by atoms with Crippen molar-refractivity contribution in [3.05, 3.63) is 78.4 Å². The largest absolute Gasteiger partial charge is 0.383 e. The Bertz CT molecular complexity index is 1640. The number of likely N-dealkylation sites (N-methyl/N-ethyl adjacent to an activating group) is 1. The second-order valence-electron chi connectivity index (χ2n) is 10.4. The van der Waals surface area contributed by atoms with Gasteiger partial charge in [-0.1, -0.05) is 51.1 Å². The van der Waals surface area contributed by atoms with Crippen molar-refractivity contribution in [1.29, 1.82) is 0 Å². The van der Waals surface area contributed by atoms with Gasteiger partial charge in [-0.25, -0.2) is 14.3 Å². The van der Waals surface area contributed by atoms with Crippen molar-refractivity contribution in [1.82, 2.24) is 34.2 Å². The predicted octanol–water partition coefficient (Wildman–Crippen LogP) is 5.26. The number of amides is 2. The highest BCUT2D eigenvalue weighted by molar-refractivity contribution is 5.94. The second-order valence-corrected chi connectivity index (χ2v) is 10.4. The number of ether oxygens (including phenoxy) is 1. The van der Waals surface area contributed by atoms with Gasteiger partial charge in [-0.15, -0.1) is 0 Å². The number of urea groups is 1. The maximum Gasteiger partial charge on any atom is 0.322 e. The van der Waals surface area contributed by atoms with Crippen LogP contribution in [0.1, 0.15) is 31.9 Å². The third kappa shape index (κ3) is 6.95. The number of methoxy groups -OCH3 is 1. The van der Waals surface area contributed by atoms with Crippen molar-refractivity contribution < 1.29 is 9.53 Å². The van der Waals surface area contributed by atoms with Crippen LogP contribution in [0.2, 0.25) is 0 Å². The lowest BCUT2D eigenvalue weighted by molar-refractivity contribution is 0.147. The molecule has 0 unspecified atom stereocenters. The predicted molar refractivity (Wildman–Crippen MR) is 171 cm³/mol. The number of nitrogens with zero attached hydrogens (tertiary/aromatic N) is 7. The number of anilines is 3. The summed E-state index contributed by atoms with van der Waals surface area (Å²) in [6, 6.07) is 16.3. The van der Waals surface area contributed by atoms with Crippen molar-refractivity contribution in [3.8, 4) is 0 Å². The first kappa shape index (κ1) is 30.0. The summed E-state index contributed by atoms with van der Waals surface area (Å²) in [6.07, 6.45) is 5.95. The molecule has 3 aromatic heterocycles. The molecule has 5 rings (SSSR count). The maximum atomic E-state index is 13.4. The Labute approximate surface area is 252 Å². The molecule has 0 radical (unpaired) electrons. The zero-order valence-corrected chi connectivity index (χ0v) is 25.5. The molecule has 0 spiro atoms. The minimum absolute atomic E-state index is 0.157. The van der Waals surface area contributed by atoms with Crippen LogP contribution in [0.4, 0.5) is 22.0 Å². The van der Waals surface area contributed by atoms with Gasteiger partial charge in [-0.2, -0.15) is 10.2 Å². The van der Waals surface area contributed by atoms with E-state index in [1.807, 2.05) is 46.2 Å². The molecule has 0 saturated carbocycles. The van der Waals surface area contributed by atoms with E-state index in [2.05, 4.69) is 75.8 Å². The van der Waals surface area contributed by atoms with E-state index in [1.165, 1.54) is 11.9 Å². The van der Waals surface area contributed by atoms with Crippen LogP contribution in [0, 0.1) is 0 Å². The Kier molecular flexibility index (Phi) is 9.85. The summed E-state index contributed by atoms with van der Waals surface area (Å²) >= 11 is 0. The van der Waals surface area contributed by atoms with Crippen LogP contribution in [0.15, 0.2) is 67.3 Å². The molecular formula is C32H41N9O2. The molecule has 43 heavy (non-hydrogen) atoms. The van der Waals surface area contributed by atoms with Crippen LogP contribution < -0.4 is 10.6 Å². The fourth-order valence-electron chi connectivity index (χ4n) is 5.33. The number of nitrogens with one attached hydrogen (secondary N) is 2. The van der Waals surface area contributed by atoms with Gasteiger partial charge < -0.3 is 25.2 Å². The molecule has 0 fully saturated rings. The minimum Gasteiger partial charge on any atom is -0.383 e. The van der Waals surface area contributed by atoms with Crippen LogP contribution in [0.3, 0.4) is 0 Å². The Morgan fingerprint density at radius 3 is 2.56 bits per heavy atom. The third-order valence-corrected chi connectivity index (χ3v) is 7.79. The molecule has 3 heterocycles. The molecule has 11 heteroatoms. The molecule has 2 aromatic carbocycles. The number of carbonyl (C=O) groups excluding carboxylic acids is 1. The first-order valence-electron chi connectivity index (χ1n) is 14.9. The molecule has 0 atom stereocenters. The number of rotatable bonds is 14. The summed E-state index contributed by atoms with van der Waals surface area (Å²) in [5, 5.41) is 16.7. The van der Waals surface area contributed by atoms with Gasteiger partial charge in [0.25, 0.3) is 0 Å². The van der Waals surface area contributed by atoms with Crippen LogP contribution in [0.5, 0.6) is 0 Å². The minimum atomic E-state index is -0.157. The number of aryl methyl sites for hydroxylation is 1. The third-order valence-electron chi connectivity index (χ3n) is 7.79. The fourth-order valence-corrected chi connectivity index (χ4v) is 5.33. The molecule has 5 aromatic rings. The summed E-state index contributed by atoms with van der Waals surface area (Å²) in [7, 11) is 1.65. The monoisotopic (exact) mass is 583 g/mol. The Morgan fingerprint density at radius 1 is 1.00 bits per heavy atom. The highest BCUT2D eigenvalue weighted by Gasteiger charge is 2.20. The van der Waals surface area contributed by atoms with Gasteiger partial charge in [-0.05, 0) is 43.3 Å². The summed E-state index contributed by atoms with van der Waals surface area (Å²) in [4.78, 5) is 22.1. The Hall–Kier alpha value is -4.48. The highest BCUT2D eigenvalue weighted by Crippen LogP contribution is 2.30. The van der Waals surface area contributed by atoms with E-state index in [1.54, 1.807) is 11.6 Å². The van der Waals surface area contributed by atoms with Crippen molar-refractivity contribution >= 4 is 39.6 Å². The molecular weight excluding hydrogens is 542 g/mol. The lowest BCUT2D eigenvalue weighted by Gasteiger charge is -2.26. The molecule has 0 bridgehead atoms. The quantitative estimate of drug-likeness (QED) is 0.184. The van der Waals surface area contributed by atoms with Gasteiger partial charge in [0.1, 0.15) is 11.8 Å². The lowest BCUT2D eigenvalue weighted by atomic mass is 10.2. The van der Waals surface area contributed by atoms with Gasteiger partial charge in [0.2, 0.25) is 0 Å². The van der Waals surface area contributed by atoms with E-state index in [0.29, 0.717) is 38.5 Å². The first-order chi connectivity index (χ1) is 21.0. The summed E-state index contributed by atoms with van der Waals surface area (Å²) in [5.74, 6) is 0.668. The second kappa shape index (κ2) is 14.1. The van der Waals surface area contributed by atoms with E-state index < -0.39 is 0 Å². The number of benzene rings is 2. The number of fused-ring (bicyclic) bond motifs is 2. The highest BCUT2D eigenvalue weighted by atomic mass is 16.5. The maximum absolute atomic E-state index is 13.4. The average molecular weight is 584 g/mol. The van der Waals surface area contributed by atoms with E-state index in [9.17, 15) is 4.79 Å². The number of carbonyl (C=O) groups is 1. The van der Waals surface area contributed by atoms with Crippen LogP contribution >= 0.6 is 0 Å². The van der Waals surface area contributed by atoms with E-state index in [-0.39, 0.29) is 6.03 Å². The molecule has 0 aliphatic rings. The van der Waals surface area contributed by atoms with Crippen LogP contribution in [-0.4, -0.2) is 86.6 Å². The summed E-state index contributed by atoms with van der Waals surface area (Å²) in [5.41, 5.74) is 5.66. The van der Waals surface area contributed by atoms with E-state index in [0.717, 1.165) is 53.0 Å². The Balaban J connectivity index is 1.37. The van der Waals surface area contributed by atoms with Crippen molar-refractivity contribution in [3.63, 3.8) is 0 Å². The fraction of sp³-hybridized carbons (Fsp3) is 0.375. The first-order valence-corrected chi connectivity index (χ1v) is 14.9. The van der Waals surface area contributed by atoms with Gasteiger partial charge in [-0.3, -0.25) is 4.68 Å². The van der Waals surface area contributed by atoms with Crippen LogP contribution in [-0.2, 0) is 17.7 Å². The molecule has 0 saturated heterocycles.